The second-order valence-electron chi connectivity index (χ2n) is 9.74. The fourth-order valence-electron chi connectivity index (χ4n) is 4.88. The molecule has 2 unspecified atom stereocenters. The minimum atomic E-state index is -1.50. The quantitative estimate of drug-likeness (QED) is 0.190. The Hall–Kier alpha value is -4.63. The highest BCUT2D eigenvalue weighted by Crippen LogP contribution is 2.39. The molecule has 4 aromatic rings. The van der Waals surface area contributed by atoms with E-state index in [-0.39, 0.29) is 18.5 Å². The summed E-state index contributed by atoms with van der Waals surface area (Å²) in [5.41, 5.74) is 1.72. The second-order valence-corrected chi connectivity index (χ2v) is 9.74. The summed E-state index contributed by atoms with van der Waals surface area (Å²) < 4.78 is 29.0. The molecule has 0 saturated carbocycles. The second kappa shape index (κ2) is 14.3. The highest BCUT2D eigenvalue weighted by Gasteiger charge is 2.48. The lowest BCUT2D eigenvalue weighted by atomic mass is 9.82. The number of hydrogen-bond acceptors (Lipinski definition) is 8. The van der Waals surface area contributed by atoms with E-state index < -0.39 is 17.7 Å². The van der Waals surface area contributed by atoms with Crippen molar-refractivity contribution in [2.75, 3.05) is 21.3 Å². The Morgan fingerprint density at radius 1 is 0.833 bits per heavy atom. The molecule has 0 radical (unpaired) electrons. The van der Waals surface area contributed by atoms with E-state index in [4.69, 9.17) is 23.7 Å². The van der Waals surface area contributed by atoms with E-state index in [1.165, 1.54) is 7.11 Å². The van der Waals surface area contributed by atoms with Gasteiger partial charge in [-0.15, -0.1) is 0 Å². The average Bonchev–Trinajstić information content (AvgIpc) is 3.02. The molecule has 0 spiro atoms. The van der Waals surface area contributed by atoms with Crippen molar-refractivity contribution < 1.29 is 33.6 Å². The van der Waals surface area contributed by atoms with Crippen molar-refractivity contribution >= 4 is 5.97 Å². The van der Waals surface area contributed by atoms with E-state index in [9.17, 15) is 9.90 Å². The first-order chi connectivity index (χ1) is 20.4. The molecule has 3 aromatic carbocycles. The molecule has 1 N–H and O–H groups in total. The Morgan fingerprint density at radius 3 is 2.17 bits per heavy atom. The van der Waals surface area contributed by atoms with E-state index in [0.717, 1.165) is 17.5 Å². The number of carboxylic acids is 1. The van der Waals surface area contributed by atoms with Gasteiger partial charge in [-0.3, -0.25) is 0 Å². The van der Waals surface area contributed by atoms with Crippen molar-refractivity contribution in [1.29, 1.82) is 0 Å². The highest BCUT2D eigenvalue weighted by molar-refractivity contribution is 5.75. The largest absolute Gasteiger partial charge is 0.493 e. The fraction of sp³-hybridized carbons (Fsp3) is 0.303. The standard InChI is InChI=1S/C33H36N2O7/c1-23-20-29(40-4)35-32(34-23)42-30(31(36)37)33(26-15-9-6-10-16-26,19-11-14-24-12-7-5-8-13-24)41-22-25-17-18-27(38-2)28(21-25)39-3/h5-10,12-13,15-18,20-21,30H,11,14,19,22H2,1-4H3,(H,36,37). The lowest BCUT2D eigenvalue weighted by molar-refractivity contribution is -0.176. The normalized spacial score (nSPS) is 13.0. The molecule has 0 bridgehead atoms. The van der Waals surface area contributed by atoms with E-state index in [1.54, 1.807) is 33.3 Å². The summed E-state index contributed by atoms with van der Waals surface area (Å²) in [5, 5.41) is 10.7. The summed E-state index contributed by atoms with van der Waals surface area (Å²) in [4.78, 5) is 21.7. The Kier molecular flexibility index (Phi) is 10.3. The molecule has 9 nitrogen and oxygen atoms in total. The number of carbonyl (C=O) groups is 1. The molecule has 1 aromatic heterocycles. The van der Waals surface area contributed by atoms with Crippen molar-refractivity contribution in [3.63, 3.8) is 0 Å². The van der Waals surface area contributed by atoms with Crippen LogP contribution in [0.4, 0.5) is 0 Å². The van der Waals surface area contributed by atoms with Crippen molar-refractivity contribution in [3.05, 3.63) is 107 Å². The van der Waals surface area contributed by atoms with E-state index in [1.807, 2.05) is 72.8 Å². The molecule has 0 saturated heterocycles. The summed E-state index contributed by atoms with van der Waals surface area (Å²) in [7, 11) is 4.60. The van der Waals surface area contributed by atoms with Crippen molar-refractivity contribution in [3.8, 4) is 23.4 Å². The van der Waals surface area contributed by atoms with Gasteiger partial charge in [0.1, 0.15) is 5.60 Å². The van der Waals surface area contributed by atoms with Crippen LogP contribution in [-0.2, 0) is 28.2 Å². The Labute approximate surface area is 246 Å². The molecule has 42 heavy (non-hydrogen) atoms. The zero-order valence-corrected chi connectivity index (χ0v) is 24.3. The minimum Gasteiger partial charge on any atom is -0.493 e. The number of rotatable bonds is 15. The summed E-state index contributed by atoms with van der Waals surface area (Å²) in [6.07, 6.45) is 0.174. The molecule has 4 rings (SSSR count). The number of benzene rings is 3. The molecule has 0 aliphatic rings. The van der Waals surface area contributed by atoms with Crippen LogP contribution < -0.4 is 18.9 Å². The molecule has 0 fully saturated rings. The maximum atomic E-state index is 13.1. The van der Waals surface area contributed by atoms with Crippen LogP contribution in [0.15, 0.2) is 84.9 Å². The van der Waals surface area contributed by atoms with Gasteiger partial charge in [0.15, 0.2) is 11.5 Å². The van der Waals surface area contributed by atoms with Gasteiger partial charge in [-0.25, -0.2) is 9.78 Å². The molecule has 220 valence electrons. The first kappa shape index (κ1) is 30.3. The Bertz CT molecular complexity index is 1450. The lowest BCUT2D eigenvalue weighted by Gasteiger charge is -2.38. The third-order valence-corrected chi connectivity index (χ3v) is 6.95. The van der Waals surface area contributed by atoms with E-state index in [0.29, 0.717) is 35.6 Å². The van der Waals surface area contributed by atoms with Gasteiger partial charge in [0.05, 0.1) is 27.9 Å². The van der Waals surface area contributed by atoms with Gasteiger partial charge >= 0.3 is 12.0 Å². The molecular formula is C33H36N2O7. The molecule has 0 aliphatic carbocycles. The number of aliphatic carboxylic acids is 1. The topological polar surface area (TPSA) is 109 Å². The summed E-state index contributed by atoms with van der Waals surface area (Å²) in [6, 6.07) is 26.3. The fourth-order valence-corrected chi connectivity index (χ4v) is 4.88. The molecule has 9 heteroatoms. The number of methoxy groups -OCH3 is 3. The number of ether oxygens (including phenoxy) is 5. The van der Waals surface area contributed by atoms with Crippen LogP contribution in [-0.4, -0.2) is 48.5 Å². The zero-order valence-electron chi connectivity index (χ0n) is 24.3. The van der Waals surface area contributed by atoms with Crippen LogP contribution in [0.1, 0.15) is 35.2 Å². The third kappa shape index (κ3) is 7.36. The first-order valence-electron chi connectivity index (χ1n) is 13.6. The van der Waals surface area contributed by atoms with Crippen LogP contribution in [0.2, 0.25) is 0 Å². The predicted molar refractivity (Wildman–Crippen MR) is 157 cm³/mol. The van der Waals surface area contributed by atoms with E-state index in [2.05, 4.69) is 9.97 Å². The number of aryl methyl sites for hydroxylation is 2. The maximum Gasteiger partial charge on any atom is 0.348 e. The summed E-state index contributed by atoms with van der Waals surface area (Å²) >= 11 is 0. The molecule has 0 amide bonds. The van der Waals surface area contributed by atoms with Crippen LogP contribution in [0, 0.1) is 6.92 Å². The van der Waals surface area contributed by atoms with Gasteiger partial charge < -0.3 is 28.8 Å². The van der Waals surface area contributed by atoms with E-state index >= 15 is 0 Å². The van der Waals surface area contributed by atoms with Crippen LogP contribution in [0.25, 0.3) is 0 Å². The maximum absolute atomic E-state index is 13.1. The third-order valence-electron chi connectivity index (χ3n) is 6.95. The first-order valence-corrected chi connectivity index (χ1v) is 13.6. The van der Waals surface area contributed by atoms with Crippen LogP contribution in [0.5, 0.6) is 23.4 Å². The smallest absolute Gasteiger partial charge is 0.348 e. The number of aromatic nitrogens is 2. The zero-order chi connectivity index (χ0) is 30.0. The summed E-state index contributed by atoms with van der Waals surface area (Å²) in [5.74, 6) is 0.173. The monoisotopic (exact) mass is 572 g/mol. The van der Waals surface area contributed by atoms with Gasteiger partial charge in [0.25, 0.3) is 0 Å². The van der Waals surface area contributed by atoms with Crippen molar-refractivity contribution in [1.82, 2.24) is 9.97 Å². The number of carboxylic acid groups (broad SMARTS) is 1. The number of hydrogen-bond donors (Lipinski definition) is 1. The van der Waals surface area contributed by atoms with Gasteiger partial charge in [-0.05, 0) is 55.0 Å². The predicted octanol–water partition coefficient (Wildman–Crippen LogP) is 5.78. The minimum absolute atomic E-state index is 0.0751. The Balaban J connectivity index is 1.78. The van der Waals surface area contributed by atoms with Gasteiger partial charge in [-0.2, -0.15) is 4.98 Å². The molecule has 2 atom stereocenters. The Morgan fingerprint density at radius 2 is 1.52 bits per heavy atom. The van der Waals surface area contributed by atoms with Crippen molar-refractivity contribution in [2.24, 2.45) is 0 Å². The average molecular weight is 573 g/mol. The molecule has 0 aliphatic heterocycles. The molecular weight excluding hydrogens is 536 g/mol. The summed E-state index contributed by atoms with van der Waals surface area (Å²) in [6.45, 7) is 1.83. The van der Waals surface area contributed by atoms with Gasteiger partial charge in [0, 0.05) is 11.8 Å². The van der Waals surface area contributed by atoms with Crippen molar-refractivity contribution in [2.45, 2.75) is 44.5 Å². The number of nitrogens with zero attached hydrogens (tertiary/aromatic N) is 2. The lowest BCUT2D eigenvalue weighted by Crippen LogP contribution is -2.50. The van der Waals surface area contributed by atoms with Gasteiger partial charge in [-0.1, -0.05) is 66.7 Å². The van der Waals surface area contributed by atoms with Crippen LogP contribution in [0.3, 0.4) is 0 Å². The SMILES string of the molecule is COc1cc(C)nc(OC(C(=O)O)C(CCCc2ccccc2)(OCc2ccc(OC)c(OC)c2)c2ccccc2)n1. The van der Waals surface area contributed by atoms with Gasteiger partial charge in [0.2, 0.25) is 12.0 Å². The highest BCUT2D eigenvalue weighted by atomic mass is 16.6. The molecule has 1 heterocycles. The van der Waals surface area contributed by atoms with Crippen LogP contribution >= 0.6 is 0 Å².